The van der Waals surface area contributed by atoms with Gasteiger partial charge in [-0.1, -0.05) is 46.0 Å². The second-order valence-corrected chi connectivity index (χ2v) is 11.5. The first kappa shape index (κ1) is 14.9. The van der Waals surface area contributed by atoms with Gasteiger partial charge in [0.25, 0.3) is 0 Å². The Hall–Kier alpha value is -1.48. The van der Waals surface area contributed by atoms with Gasteiger partial charge in [-0.25, -0.2) is 0 Å². The third-order valence-electron chi connectivity index (χ3n) is 3.49. The Morgan fingerprint density at radius 2 is 1.85 bits per heavy atom. The summed E-state index contributed by atoms with van der Waals surface area (Å²) in [4.78, 5) is 0. The molecule has 1 aromatic carbocycles. The SMILES string of the molecule is CC(C)(C)c1cccc(OC[Si](C)(C)c2ccco2)c1. The lowest BCUT2D eigenvalue weighted by Gasteiger charge is -2.22. The minimum atomic E-state index is -1.66. The summed E-state index contributed by atoms with van der Waals surface area (Å²) in [5.41, 5.74) is 1.44. The fraction of sp³-hybridized carbons (Fsp3) is 0.412. The van der Waals surface area contributed by atoms with E-state index in [0.29, 0.717) is 0 Å². The molecule has 0 saturated carbocycles. The molecule has 0 unspecified atom stereocenters. The summed E-state index contributed by atoms with van der Waals surface area (Å²) < 4.78 is 11.6. The van der Waals surface area contributed by atoms with E-state index in [2.05, 4.69) is 58.1 Å². The zero-order valence-electron chi connectivity index (χ0n) is 13.1. The van der Waals surface area contributed by atoms with Crippen molar-refractivity contribution in [3.8, 4) is 5.75 Å². The van der Waals surface area contributed by atoms with Crippen molar-refractivity contribution < 1.29 is 9.15 Å². The smallest absolute Gasteiger partial charge is 0.168 e. The third kappa shape index (κ3) is 3.54. The Morgan fingerprint density at radius 1 is 1.10 bits per heavy atom. The average molecular weight is 288 g/mol. The van der Waals surface area contributed by atoms with Crippen molar-refractivity contribution >= 4 is 13.5 Å². The quantitative estimate of drug-likeness (QED) is 0.790. The van der Waals surface area contributed by atoms with Crippen LogP contribution in [0, 0.1) is 0 Å². The lowest BCUT2D eigenvalue weighted by Crippen LogP contribution is -2.46. The molecule has 0 saturated heterocycles. The molecular weight excluding hydrogens is 264 g/mol. The van der Waals surface area contributed by atoms with Crippen LogP contribution < -0.4 is 10.1 Å². The molecule has 1 aromatic heterocycles. The Morgan fingerprint density at radius 3 is 2.45 bits per heavy atom. The molecule has 0 aliphatic rings. The van der Waals surface area contributed by atoms with E-state index in [4.69, 9.17) is 9.15 Å². The van der Waals surface area contributed by atoms with Crippen LogP contribution in [0.4, 0.5) is 0 Å². The number of rotatable bonds is 4. The normalized spacial score (nSPS) is 12.4. The van der Waals surface area contributed by atoms with Crippen LogP contribution in [0.15, 0.2) is 47.1 Å². The number of benzene rings is 1. The van der Waals surface area contributed by atoms with Crippen molar-refractivity contribution in [1.82, 2.24) is 0 Å². The maximum Gasteiger partial charge on any atom is 0.168 e. The largest absolute Gasteiger partial charge is 0.497 e. The van der Waals surface area contributed by atoms with E-state index >= 15 is 0 Å². The standard InChI is InChI=1S/C17H24O2Si/c1-17(2,3)14-8-6-9-15(12-14)19-13-20(4,5)16-10-7-11-18-16/h6-12H,13H2,1-5H3. The van der Waals surface area contributed by atoms with Gasteiger partial charge < -0.3 is 9.15 Å². The van der Waals surface area contributed by atoms with Crippen LogP contribution in [-0.4, -0.2) is 14.3 Å². The van der Waals surface area contributed by atoms with Gasteiger partial charge in [0, 0.05) is 0 Å². The van der Waals surface area contributed by atoms with E-state index in [-0.39, 0.29) is 5.41 Å². The maximum atomic E-state index is 6.03. The average Bonchev–Trinajstić information content (AvgIpc) is 2.90. The molecule has 2 rings (SSSR count). The highest BCUT2D eigenvalue weighted by molar-refractivity contribution is 6.88. The van der Waals surface area contributed by atoms with Crippen molar-refractivity contribution in [2.45, 2.75) is 39.3 Å². The van der Waals surface area contributed by atoms with E-state index < -0.39 is 8.07 Å². The zero-order chi connectivity index (χ0) is 14.8. The van der Waals surface area contributed by atoms with Gasteiger partial charge in [-0.05, 0) is 35.2 Å². The molecule has 20 heavy (non-hydrogen) atoms. The topological polar surface area (TPSA) is 22.4 Å². The summed E-state index contributed by atoms with van der Waals surface area (Å²) in [6.07, 6.45) is 2.47. The third-order valence-corrected chi connectivity index (χ3v) is 5.97. The van der Waals surface area contributed by atoms with Gasteiger partial charge in [-0.3, -0.25) is 0 Å². The van der Waals surface area contributed by atoms with Crippen molar-refractivity contribution in [3.05, 3.63) is 48.2 Å². The number of hydrogen-bond donors (Lipinski definition) is 0. The van der Waals surface area contributed by atoms with Crippen LogP contribution in [0.3, 0.4) is 0 Å². The van der Waals surface area contributed by atoms with Gasteiger partial charge >= 0.3 is 0 Å². The van der Waals surface area contributed by atoms with Crippen molar-refractivity contribution in [2.75, 3.05) is 6.23 Å². The first-order valence-electron chi connectivity index (χ1n) is 7.06. The summed E-state index contributed by atoms with van der Waals surface area (Å²) in [6, 6.07) is 12.4. The van der Waals surface area contributed by atoms with Crippen molar-refractivity contribution in [1.29, 1.82) is 0 Å². The zero-order valence-corrected chi connectivity index (χ0v) is 14.1. The van der Waals surface area contributed by atoms with E-state index in [1.807, 2.05) is 12.1 Å². The summed E-state index contributed by atoms with van der Waals surface area (Å²) in [6.45, 7) is 11.2. The predicted molar refractivity (Wildman–Crippen MR) is 86.5 cm³/mol. The Kier molecular flexibility index (Phi) is 4.09. The number of furan rings is 1. The Labute approximate surface area is 122 Å². The van der Waals surface area contributed by atoms with E-state index in [9.17, 15) is 0 Å². The van der Waals surface area contributed by atoms with Gasteiger partial charge in [0.15, 0.2) is 8.07 Å². The molecule has 2 aromatic rings. The van der Waals surface area contributed by atoms with Crippen LogP contribution in [0.25, 0.3) is 0 Å². The first-order valence-corrected chi connectivity index (χ1v) is 10.3. The molecule has 0 bridgehead atoms. The molecule has 0 amide bonds. The number of hydrogen-bond acceptors (Lipinski definition) is 2. The van der Waals surface area contributed by atoms with Gasteiger partial charge in [0.05, 0.1) is 17.9 Å². The van der Waals surface area contributed by atoms with Crippen LogP contribution in [0.2, 0.25) is 13.1 Å². The highest BCUT2D eigenvalue weighted by Gasteiger charge is 2.28. The van der Waals surface area contributed by atoms with Crippen LogP contribution in [0.1, 0.15) is 26.3 Å². The predicted octanol–water partition coefficient (Wildman–Crippen LogP) is 4.11. The lowest BCUT2D eigenvalue weighted by atomic mass is 9.87. The maximum absolute atomic E-state index is 6.03. The Balaban J connectivity index is 2.08. The van der Waals surface area contributed by atoms with Crippen LogP contribution >= 0.6 is 0 Å². The summed E-state index contributed by atoms with van der Waals surface area (Å²) in [7, 11) is -1.66. The van der Waals surface area contributed by atoms with Gasteiger partial charge in [-0.15, -0.1) is 0 Å². The molecule has 0 spiro atoms. The molecule has 0 N–H and O–H groups in total. The fourth-order valence-electron chi connectivity index (χ4n) is 2.05. The molecule has 2 nitrogen and oxygen atoms in total. The van der Waals surface area contributed by atoms with Crippen molar-refractivity contribution in [3.63, 3.8) is 0 Å². The summed E-state index contributed by atoms with van der Waals surface area (Å²) >= 11 is 0. The molecule has 0 fully saturated rings. The molecule has 0 atom stereocenters. The van der Waals surface area contributed by atoms with Gasteiger partial charge in [-0.2, -0.15) is 0 Å². The molecule has 0 aliphatic carbocycles. The van der Waals surface area contributed by atoms with E-state index in [0.717, 1.165) is 17.4 Å². The van der Waals surface area contributed by atoms with E-state index in [1.54, 1.807) is 6.26 Å². The molecule has 1 heterocycles. The first-order chi connectivity index (χ1) is 9.29. The molecule has 108 valence electrons. The highest BCUT2D eigenvalue weighted by atomic mass is 28.3. The van der Waals surface area contributed by atoms with Gasteiger partial charge in [0.2, 0.25) is 0 Å². The molecule has 0 radical (unpaired) electrons. The number of ether oxygens (including phenoxy) is 1. The van der Waals surface area contributed by atoms with Crippen molar-refractivity contribution in [2.24, 2.45) is 0 Å². The molecule has 0 aliphatic heterocycles. The minimum Gasteiger partial charge on any atom is -0.497 e. The minimum absolute atomic E-state index is 0.146. The second kappa shape index (κ2) is 5.48. The lowest BCUT2D eigenvalue weighted by molar-refractivity contribution is 0.376. The Bertz CT molecular complexity index is 551. The second-order valence-electron chi connectivity index (χ2n) is 6.93. The highest BCUT2D eigenvalue weighted by Crippen LogP contribution is 2.25. The van der Waals surface area contributed by atoms with Crippen LogP contribution in [0.5, 0.6) is 5.75 Å². The fourth-order valence-corrected chi connectivity index (χ4v) is 3.66. The summed E-state index contributed by atoms with van der Waals surface area (Å²) in [5.74, 6) is 0.949. The van der Waals surface area contributed by atoms with Crippen LogP contribution in [-0.2, 0) is 5.41 Å². The monoisotopic (exact) mass is 288 g/mol. The molecule has 3 heteroatoms. The molecular formula is C17H24O2Si. The van der Waals surface area contributed by atoms with Gasteiger partial charge in [0.1, 0.15) is 5.75 Å². The summed E-state index contributed by atoms with van der Waals surface area (Å²) in [5, 5.41) is 1.09. The van der Waals surface area contributed by atoms with E-state index in [1.165, 1.54) is 5.56 Å².